The van der Waals surface area contributed by atoms with Crippen LogP contribution in [0.2, 0.25) is 0 Å². The van der Waals surface area contributed by atoms with E-state index in [9.17, 15) is 5.11 Å². The molecule has 20 heavy (non-hydrogen) atoms. The fraction of sp³-hybridized carbons (Fsp3) is 0. The molecule has 98 valence electrons. The van der Waals surface area contributed by atoms with Crippen molar-refractivity contribution in [3.8, 4) is 16.9 Å². The van der Waals surface area contributed by atoms with Crippen LogP contribution < -0.4 is 4.74 Å². The summed E-state index contributed by atoms with van der Waals surface area (Å²) in [5.74, 6) is 0.533. The molecular formula is C18H14O2. The fourth-order valence-corrected chi connectivity index (χ4v) is 2.03. The van der Waals surface area contributed by atoms with Crippen LogP contribution in [-0.2, 0) is 0 Å². The van der Waals surface area contributed by atoms with Gasteiger partial charge in [-0.2, -0.15) is 0 Å². The molecule has 0 bridgehead atoms. The smallest absolute Gasteiger partial charge is 0.289 e. The van der Waals surface area contributed by atoms with Gasteiger partial charge in [0.15, 0.2) is 0 Å². The Morgan fingerprint density at radius 2 is 1.35 bits per heavy atom. The lowest BCUT2D eigenvalue weighted by Gasteiger charge is -2.07. The van der Waals surface area contributed by atoms with Crippen molar-refractivity contribution in [1.82, 2.24) is 0 Å². The van der Waals surface area contributed by atoms with Crippen molar-refractivity contribution in [3.63, 3.8) is 0 Å². The second-order valence-electron chi connectivity index (χ2n) is 4.47. The van der Waals surface area contributed by atoms with Gasteiger partial charge >= 0.3 is 0 Å². The number of aliphatic hydroxyl groups is 1. The van der Waals surface area contributed by atoms with Gasteiger partial charge in [-0.25, -0.2) is 0 Å². The van der Waals surface area contributed by atoms with E-state index in [4.69, 9.17) is 4.74 Å². The summed E-state index contributed by atoms with van der Waals surface area (Å²) in [6.45, 7) is 0. The number of allylic oxidation sites excluding steroid dienone is 5. The topological polar surface area (TPSA) is 29.5 Å². The Hall–Kier alpha value is -2.74. The predicted molar refractivity (Wildman–Crippen MR) is 80.4 cm³/mol. The Morgan fingerprint density at radius 1 is 0.750 bits per heavy atom. The van der Waals surface area contributed by atoms with Crippen molar-refractivity contribution < 1.29 is 9.84 Å². The van der Waals surface area contributed by atoms with Crippen molar-refractivity contribution in [2.45, 2.75) is 0 Å². The molecule has 0 spiro atoms. The molecule has 1 N–H and O–H groups in total. The molecular weight excluding hydrogens is 248 g/mol. The number of benzene rings is 2. The molecule has 2 nitrogen and oxygen atoms in total. The average molecular weight is 262 g/mol. The summed E-state index contributed by atoms with van der Waals surface area (Å²) in [5.41, 5.74) is 2.95. The highest BCUT2D eigenvalue weighted by molar-refractivity contribution is 5.63. The quantitative estimate of drug-likeness (QED) is 0.817. The molecule has 2 heteroatoms. The molecule has 2 aromatic rings. The molecule has 0 amide bonds. The van der Waals surface area contributed by atoms with E-state index < -0.39 is 0 Å². The maximum Gasteiger partial charge on any atom is 0.289 e. The first kappa shape index (κ1) is 12.3. The van der Waals surface area contributed by atoms with E-state index in [0.717, 1.165) is 11.1 Å². The van der Waals surface area contributed by atoms with Gasteiger partial charge in [0.2, 0.25) is 0 Å². The van der Waals surface area contributed by atoms with Crippen molar-refractivity contribution in [1.29, 1.82) is 0 Å². The molecule has 0 saturated carbocycles. The molecule has 1 aliphatic carbocycles. The van der Waals surface area contributed by atoms with Gasteiger partial charge in [-0.15, -0.1) is 0 Å². The molecule has 0 atom stereocenters. The summed E-state index contributed by atoms with van der Waals surface area (Å²) in [6.07, 6.45) is 7.31. The van der Waals surface area contributed by atoms with Gasteiger partial charge in [0.05, 0.1) is 5.57 Å². The van der Waals surface area contributed by atoms with Crippen LogP contribution in [0.4, 0.5) is 0 Å². The third-order valence-corrected chi connectivity index (χ3v) is 3.09. The standard InChI is InChI=1S/C18H14O2/c19-18(16-8-4-5-9-16)20-17-12-10-15(11-13-17)14-6-2-1-3-7-14/h1-13,19H. The second kappa shape index (κ2) is 5.49. The van der Waals surface area contributed by atoms with Crippen molar-refractivity contribution in [2.24, 2.45) is 0 Å². The summed E-state index contributed by atoms with van der Waals surface area (Å²) in [6, 6.07) is 17.8. The first-order valence-electron chi connectivity index (χ1n) is 6.44. The van der Waals surface area contributed by atoms with Crippen molar-refractivity contribution in [3.05, 3.63) is 90.4 Å². The molecule has 0 unspecified atom stereocenters. The molecule has 0 fully saturated rings. The third-order valence-electron chi connectivity index (χ3n) is 3.09. The highest BCUT2D eigenvalue weighted by Gasteiger charge is 2.05. The van der Waals surface area contributed by atoms with Crippen LogP contribution in [-0.4, -0.2) is 5.11 Å². The van der Waals surface area contributed by atoms with Gasteiger partial charge in [0.25, 0.3) is 5.95 Å². The van der Waals surface area contributed by atoms with Gasteiger partial charge in [-0.3, -0.25) is 0 Å². The minimum Gasteiger partial charge on any atom is -0.480 e. The number of rotatable bonds is 3. The van der Waals surface area contributed by atoms with Gasteiger partial charge in [-0.05, 0) is 35.4 Å². The molecule has 3 rings (SSSR count). The maximum absolute atomic E-state index is 9.84. The van der Waals surface area contributed by atoms with Crippen LogP contribution in [0, 0.1) is 0 Å². The Morgan fingerprint density at radius 3 is 2.00 bits per heavy atom. The predicted octanol–water partition coefficient (Wildman–Crippen LogP) is 4.63. The number of hydrogen-bond acceptors (Lipinski definition) is 2. The van der Waals surface area contributed by atoms with E-state index in [-0.39, 0.29) is 5.95 Å². The molecule has 2 aromatic carbocycles. The van der Waals surface area contributed by atoms with E-state index in [1.165, 1.54) is 0 Å². The Bertz CT molecular complexity index is 663. The average Bonchev–Trinajstić information content (AvgIpc) is 3.03. The second-order valence-corrected chi connectivity index (χ2v) is 4.47. The number of aliphatic hydroxyl groups excluding tert-OH is 1. The fourth-order valence-electron chi connectivity index (χ4n) is 2.03. The van der Waals surface area contributed by atoms with E-state index in [1.807, 2.05) is 54.6 Å². The molecule has 0 radical (unpaired) electrons. The highest BCUT2D eigenvalue weighted by Crippen LogP contribution is 2.23. The first-order valence-corrected chi connectivity index (χ1v) is 6.44. The first-order chi connectivity index (χ1) is 9.83. The summed E-state index contributed by atoms with van der Waals surface area (Å²) in [7, 11) is 0. The van der Waals surface area contributed by atoms with E-state index in [0.29, 0.717) is 11.3 Å². The number of hydrogen-bond donors (Lipinski definition) is 1. The lowest BCUT2D eigenvalue weighted by molar-refractivity contribution is 0.206. The van der Waals surface area contributed by atoms with Crippen LogP contribution in [0.3, 0.4) is 0 Å². The lowest BCUT2D eigenvalue weighted by Crippen LogP contribution is -1.96. The normalized spacial score (nSPS) is 12.7. The summed E-state index contributed by atoms with van der Waals surface area (Å²) < 4.78 is 5.42. The molecule has 0 aromatic heterocycles. The molecule has 0 aliphatic heterocycles. The van der Waals surface area contributed by atoms with Crippen LogP contribution in [0.15, 0.2) is 90.4 Å². The zero-order chi connectivity index (χ0) is 13.8. The molecule has 0 heterocycles. The van der Waals surface area contributed by atoms with Gasteiger partial charge in [-0.1, -0.05) is 54.6 Å². The van der Waals surface area contributed by atoms with E-state index in [2.05, 4.69) is 12.1 Å². The lowest BCUT2D eigenvalue weighted by atomic mass is 10.1. The van der Waals surface area contributed by atoms with Crippen LogP contribution in [0.25, 0.3) is 11.1 Å². The van der Waals surface area contributed by atoms with Gasteiger partial charge in [0, 0.05) is 0 Å². The molecule has 1 aliphatic rings. The van der Waals surface area contributed by atoms with Crippen molar-refractivity contribution >= 4 is 0 Å². The zero-order valence-corrected chi connectivity index (χ0v) is 10.9. The van der Waals surface area contributed by atoms with E-state index in [1.54, 1.807) is 12.2 Å². The zero-order valence-electron chi connectivity index (χ0n) is 10.9. The van der Waals surface area contributed by atoms with Crippen molar-refractivity contribution in [2.75, 3.05) is 0 Å². The van der Waals surface area contributed by atoms with Crippen LogP contribution in [0.5, 0.6) is 5.75 Å². The summed E-state index contributed by atoms with van der Waals surface area (Å²) in [4.78, 5) is 0. The Kier molecular flexibility index (Phi) is 3.38. The van der Waals surface area contributed by atoms with Crippen LogP contribution >= 0.6 is 0 Å². The van der Waals surface area contributed by atoms with Crippen LogP contribution in [0.1, 0.15) is 0 Å². The van der Waals surface area contributed by atoms with Gasteiger partial charge in [0.1, 0.15) is 5.75 Å². The third kappa shape index (κ3) is 2.64. The largest absolute Gasteiger partial charge is 0.480 e. The Balaban J connectivity index is 1.79. The Labute approximate surface area is 118 Å². The summed E-state index contributed by atoms with van der Waals surface area (Å²) in [5, 5.41) is 9.84. The summed E-state index contributed by atoms with van der Waals surface area (Å²) >= 11 is 0. The van der Waals surface area contributed by atoms with Gasteiger partial charge < -0.3 is 9.84 Å². The minimum absolute atomic E-state index is 0.0811. The SMILES string of the molecule is OC(Oc1ccc(-c2ccccc2)cc1)=C1C=CC=C1. The highest BCUT2D eigenvalue weighted by atomic mass is 16.6. The number of ether oxygens (including phenoxy) is 1. The maximum atomic E-state index is 9.84. The minimum atomic E-state index is -0.0811. The molecule has 0 saturated heterocycles. The van der Waals surface area contributed by atoms with E-state index >= 15 is 0 Å². The monoisotopic (exact) mass is 262 g/mol.